The molecule has 2 fully saturated rings. The van der Waals surface area contributed by atoms with Gasteiger partial charge in [0.05, 0.1) is 13.2 Å². The Labute approximate surface area is 95.8 Å². The van der Waals surface area contributed by atoms with E-state index in [9.17, 15) is 4.79 Å². The van der Waals surface area contributed by atoms with Crippen LogP contribution < -0.4 is 0 Å². The van der Waals surface area contributed by atoms with Crippen LogP contribution in [0.4, 0.5) is 0 Å². The van der Waals surface area contributed by atoms with Gasteiger partial charge in [-0.05, 0) is 38.7 Å². The molecule has 3 heteroatoms. The minimum absolute atomic E-state index is 0.146. The lowest BCUT2D eigenvalue weighted by Crippen LogP contribution is -2.45. The lowest BCUT2D eigenvalue weighted by atomic mass is 9.85. The molecule has 2 aliphatic carbocycles. The number of ketones is 1. The molecule has 88 valence electrons. The number of hydrogen-bond donors (Lipinski definition) is 0. The average Bonchev–Trinajstić information content (AvgIpc) is 2.66. The first-order valence-electron chi connectivity index (χ1n) is 5.99. The zero-order valence-electron chi connectivity index (χ0n) is 9.91. The van der Waals surface area contributed by atoms with E-state index in [0.717, 1.165) is 26.1 Å². The van der Waals surface area contributed by atoms with E-state index in [0.29, 0.717) is 18.1 Å². The van der Waals surface area contributed by atoms with E-state index in [2.05, 4.69) is 0 Å². The van der Waals surface area contributed by atoms with Gasteiger partial charge in [0, 0.05) is 11.8 Å². The number of ether oxygens (including phenoxy) is 2. The summed E-state index contributed by atoms with van der Waals surface area (Å²) in [5.74, 6) is 0.335. The third-order valence-electron chi connectivity index (χ3n) is 4.03. The van der Waals surface area contributed by atoms with Crippen molar-refractivity contribution in [2.75, 3.05) is 13.2 Å². The highest BCUT2D eigenvalue weighted by molar-refractivity contribution is 5.93. The van der Waals surface area contributed by atoms with Gasteiger partial charge in [0.1, 0.15) is 0 Å². The lowest BCUT2D eigenvalue weighted by molar-refractivity contribution is -0.284. The summed E-state index contributed by atoms with van der Waals surface area (Å²) in [6.45, 7) is 5.45. The van der Waals surface area contributed by atoms with Gasteiger partial charge in [0.2, 0.25) is 0 Å². The summed E-state index contributed by atoms with van der Waals surface area (Å²) in [6.07, 6.45) is 4.60. The topological polar surface area (TPSA) is 35.5 Å². The maximum absolute atomic E-state index is 11.3. The number of carbonyl (C=O) groups excluding carboxylic acids is 1. The van der Waals surface area contributed by atoms with Gasteiger partial charge in [-0.25, -0.2) is 0 Å². The summed E-state index contributed by atoms with van der Waals surface area (Å²) in [6, 6.07) is 0. The van der Waals surface area contributed by atoms with Crippen LogP contribution in [0.2, 0.25) is 0 Å². The first kappa shape index (κ1) is 10.5. The molecule has 16 heavy (non-hydrogen) atoms. The summed E-state index contributed by atoms with van der Waals surface area (Å²) in [5, 5.41) is 0. The summed E-state index contributed by atoms with van der Waals surface area (Å²) < 4.78 is 11.5. The predicted molar refractivity (Wildman–Crippen MR) is 58.8 cm³/mol. The Balaban J connectivity index is 1.75. The van der Waals surface area contributed by atoms with Crippen molar-refractivity contribution in [3.05, 3.63) is 11.6 Å². The number of hydrogen-bond acceptors (Lipinski definition) is 3. The van der Waals surface area contributed by atoms with Gasteiger partial charge >= 0.3 is 0 Å². The average molecular weight is 222 g/mol. The molecule has 0 aromatic rings. The number of allylic oxidation sites excluding steroid dienone is 2. The molecule has 3 rings (SSSR count). The van der Waals surface area contributed by atoms with Crippen molar-refractivity contribution in [1.82, 2.24) is 0 Å². The second kappa shape index (κ2) is 3.17. The lowest BCUT2D eigenvalue weighted by Gasteiger charge is -2.41. The fourth-order valence-electron chi connectivity index (χ4n) is 3.14. The molecule has 1 unspecified atom stereocenters. The highest BCUT2D eigenvalue weighted by Crippen LogP contribution is 2.51. The van der Waals surface area contributed by atoms with Crippen LogP contribution in [0.25, 0.3) is 0 Å². The summed E-state index contributed by atoms with van der Waals surface area (Å²) >= 11 is 0. The molecule has 1 atom stereocenters. The van der Waals surface area contributed by atoms with Gasteiger partial charge < -0.3 is 9.47 Å². The molecule has 0 aromatic carbocycles. The van der Waals surface area contributed by atoms with Gasteiger partial charge in [-0.3, -0.25) is 4.79 Å². The summed E-state index contributed by atoms with van der Waals surface area (Å²) in [5.41, 5.74) is 1.48. The molecule has 0 bridgehead atoms. The molecular weight excluding hydrogens is 204 g/mol. The van der Waals surface area contributed by atoms with Crippen molar-refractivity contribution in [2.24, 2.45) is 11.3 Å². The normalized spacial score (nSPS) is 35.2. The quantitative estimate of drug-likeness (QED) is 0.629. The van der Waals surface area contributed by atoms with Crippen molar-refractivity contribution < 1.29 is 14.3 Å². The van der Waals surface area contributed by atoms with Crippen LogP contribution in [0.1, 0.15) is 33.1 Å². The Kier molecular flexibility index (Phi) is 2.08. The predicted octanol–water partition coefficient (Wildman–Crippen LogP) is 2.06. The Morgan fingerprint density at radius 2 is 2.00 bits per heavy atom. The monoisotopic (exact) mass is 222 g/mol. The van der Waals surface area contributed by atoms with Gasteiger partial charge in [-0.2, -0.15) is 0 Å². The van der Waals surface area contributed by atoms with Crippen molar-refractivity contribution >= 4 is 5.78 Å². The Morgan fingerprint density at radius 3 is 2.62 bits per heavy atom. The van der Waals surface area contributed by atoms with Crippen LogP contribution >= 0.6 is 0 Å². The van der Waals surface area contributed by atoms with Crippen LogP contribution in [0.15, 0.2) is 11.6 Å². The molecule has 1 saturated heterocycles. The molecule has 3 nitrogen and oxygen atoms in total. The standard InChI is InChI=1S/C13H18O3/c1-12(2)15-7-13(8-16-12)5-9-3-11(14)4-10(9)6-13/h3,10H,4-8H2,1-2H3. The maximum atomic E-state index is 11.3. The molecule has 0 amide bonds. The van der Waals surface area contributed by atoms with Gasteiger partial charge in [0.25, 0.3) is 0 Å². The van der Waals surface area contributed by atoms with Crippen LogP contribution in [0.3, 0.4) is 0 Å². The fourth-order valence-corrected chi connectivity index (χ4v) is 3.14. The molecule has 1 spiro atoms. The summed E-state index contributed by atoms with van der Waals surface area (Å²) in [4.78, 5) is 11.3. The minimum atomic E-state index is -0.437. The van der Waals surface area contributed by atoms with E-state index in [4.69, 9.17) is 9.47 Å². The van der Waals surface area contributed by atoms with Crippen LogP contribution in [0.5, 0.6) is 0 Å². The minimum Gasteiger partial charge on any atom is -0.350 e. The molecule has 0 N–H and O–H groups in total. The smallest absolute Gasteiger partial charge is 0.162 e. The number of fused-ring (bicyclic) bond motifs is 1. The zero-order valence-corrected chi connectivity index (χ0v) is 9.91. The Bertz CT molecular complexity index is 357. The van der Waals surface area contributed by atoms with Crippen molar-refractivity contribution in [3.8, 4) is 0 Å². The van der Waals surface area contributed by atoms with E-state index in [1.165, 1.54) is 5.57 Å². The van der Waals surface area contributed by atoms with Crippen molar-refractivity contribution in [3.63, 3.8) is 0 Å². The molecule has 0 aromatic heterocycles. The molecule has 1 heterocycles. The zero-order chi connectivity index (χ0) is 11.4. The molecule has 0 radical (unpaired) electrons. The number of rotatable bonds is 0. The van der Waals surface area contributed by atoms with Crippen molar-refractivity contribution in [2.45, 2.75) is 38.9 Å². The first-order valence-corrected chi connectivity index (χ1v) is 5.99. The van der Waals surface area contributed by atoms with Gasteiger partial charge in [-0.1, -0.05) is 5.57 Å². The first-order chi connectivity index (χ1) is 7.48. The molecule has 1 aliphatic heterocycles. The van der Waals surface area contributed by atoms with E-state index in [1.807, 2.05) is 19.9 Å². The third-order valence-corrected chi connectivity index (χ3v) is 4.03. The van der Waals surface area contributed by atoms with Crippen LogP contribution in [0, 0.1) is 11.3 Å². The highest BCUT2D eigenvalue weighted by Gasteiger charge is 2.49. The van der Waals surface area contributed by atoms with Gasteiger partial charge in [0.15, 0.2) is 11.6 Å². The molecule has 3 aliphatic rings. The van der Waals surface area contributed by atoms with Crippen LogP contribution in [-0.4, -0.2) is 24.8 Å². The second-order valence-corrected chi connectivity index (χ2v) is 5.94. The van der Waals surface area contributed by atoms with E-state index in [1.54, 1.807) is 0 Å². The van der Waals surface area contributed by atoms with E-state index in [-0.39, 0.29) is 5.41 Å². The van der Waals surface area contributed by atoms with E-state index < -0.39 is 5.79 Å². The van der Waals surface area contributed by atoms with Crippen LogP contribution in [-0.2, 0) is 14.3 Å². The highest BCUT2D eigenvalue weighted by atomic mass is 16.7. The summed E-state index contributed by atoms with van der Waals surface area (Å²) in [7, 11) is 0. The fraction of sp³-hybridized carbons (Fsp3) is 0.769. The SMILES string of the molecule is CC1(C)OCC2(CO1)CC1=CC(=O)CC1C2. The third kappa shape index (κ3) is 1.62. The largest absolute Gasteiger partial charge is 0.350 e. The van der Waals surface area contributed by atoms with E-state index >= 15 is 0 Å². The Hall–Kier alpha value is -0.670. The second-order valence-electron chi connectivity index (χ2n) is 5.94. The Morgan fingerprint density at radius 1 is 1.31 bits per heavy atom. The molecular formula is C13H18O3. The number of carbonyl (C=O) groups is 1. The van der Waals surface area contributed by atoms with Gasteiger partial charge in [-0.15, -0.1) is 0 Å². The maximum Gasteiger partial charge on any atom is 0.162 e. The van der Waals surface area contributed by atoms with Crippen molar-refractivity contribution in [1.29, 1.82) is 0 Å². The molecule has 1 saturated carbocycles.